The number of para-hydroxylation sites is 2. The Bertz CT molecular complexity index is 1120. The molecule has 0 aliphatic rings. The van der Waals surface area contributed by atoms with Crippen molar-refractivity contribution in [3.05, 3.63) is 88.2 Å². The number of aliphatic imine (C=N–C) groups is 2. The molecule has 0 amide bonds. The van der Waals surface area contributed by atoms with E-state index in [9.17, 15) is 0 Å². The van der Waals surface area contributed by atoms with Crippen LogP contribution in [0, 0.1) is 0 Å². The van der Waals surface area contributed by atoms with Gasteiger partial charge in [0.15, 0.2) is 0 Å². The normalized spacial score (nSPS) is 12.6. The molecule has 3 nitrogen and oxygen atoms in total. The molecule has 197 valence electrons. The summed E-state index contributed by atoms with van der Waals surface area (Å²) in [7, 11) is 0. The minimum absolute atomic E-state index is 0. The number of aromatic nitrogens is 1. The van der Waals surface area contributed by atoms with Gasteiger partial charge in [0.1, 0.15) is 0 Å². The zero-order chi connectivity index (χ0) is 26.6. The number of pyridine rings is 1. The van der Waals surface area contributed by atoms with Crippen LogP contribution in [0.25, 0.3) is 0 Å². The van der Waals surface area contributed by atoms with Gasteiger partial charge in [-0.3, -0.25) is 9.98 Å². The smallest absolute Gasteiger partial charge is 0.0849 e. The van der Waals surface area contributed by atoms with Crippen molar-refractivity contribution in [1.29, 1.82) is 0 Å². The maximum Gasteiger partial charge on any atom is 0.0849 e. The molecule has 0 fully saturated rings. The van der Waals surface area contributed by atoms with E-state index in [1.165, 1.54) is 22.3 Å². The topological polar surface area (TPSA) is 37.6 Å². The zero-order valence-corrected chi connectivity index (χ0v) is 25.4. The van der Waals surface area contributed by atoms with Crippen LogP contribution in [-0.4, -0.2) is 16.4 Å². The molecule has 2 aromatic carbocycles. The Morgan fingerprint density at radius 1 is 0.514 bits per heavy atom. The summed E-state index contributed by atoms with van der Waals surface area (Å²) in [6.45, 7) is 22.0. The molecule has 0 atom stereocenters. The van der Waals surface area contributed by atoms with E-state index in [1.807, 2.05) is 12.1 Å². The van der Waals surface area contributed by atoms with E-state index in [4.69, 9.17) is 15.0 Å². The molecule has 0 bridgehead atoms. The maximum atomic E-state index is 5.15. The molecule has 0 saturated heterocycles. The van der Waals surface area contributed by atoms with E-state index in [1.54, 1.807) is 0 Å². The van der Waals surface area contributed by atoms with E-state index in [2.05, 4.69) is 112 Å². The fourth-order valence-corrected chi connectivity index (χ4v) is 4.57. The summed E-state index contributed by atoms with van der Waals surface area (Å²) in [5, 5.41) is 0. The summed E-state index contributed by atoms with van der Waals surface area (Å²) in [6, 6.07) is 19.2. The van der Waals surface area contributed by atoms with Crippen molar-refractivity contribution in [1.82, 2.24) is 4.98 Å². The van der Waals surface area contributed by atoms with Gasteiger partial charge in [-0.1, -0.05) is 97.9 Å². The minimum atomic E-state index is 0. The summed E-state index contributed by atoms with van der Waals surface area (Å²) < 4.78 is 0. The van der Waals surface area contributed by atoms with Crippen molar-refractivity contribution < 1.29 is 17.1 Å². The van der Waals surface area contributed by atoms with Crippen LogP contribution in [-0.2, 0) is 17.1 Å². The molecule has 0 saturated carbocycles. The van der Waals surface area contributed by atoms with Crippen LogP contribution >= 0.6 is 0 Å². The van der Waals surface area contributed by atoms with Crippen LogP contribution in [0.3, 0.4) is 0 Å². The van der Waals surface area contributed by atoms with Gasteiger partial charge < -0.3 is 0 Å². The van der Waals surface area contributed by atoms with Gasteiger partial charge in [0.25, 0.3) is 0 Å². The first-order valence-electron chi connectivity index (χ1n) is 13.3. The first-order valence-corrected chi connectivity index (χ1v) is 13.3. The fourth-order valence-electron chi connectivity index (χ4n) is 4.57. The van der Waals surface area contributed by atoms with Gasteiger partial charge >= 0.3 is 0 Å². The molecule has 3 rings (SSSR count). The second-order valence-electron chi connectivity index (χ2n) is 11.0. The van der Waals surface area contributed by atoms with Gasteiger partial charge in [-0.05, 0) is 71.9 Å². The molecule has 4 heteroatoms. The predicted octanol–water partition coefficient (Wildman–Crippen LogP) is 9.85. The number of rotatable bonds is 8. The van der Waals surface area contributed by atoms with Crippen molar-refractivity contribution in [3.63, 3.8) is 0 Å². The average molecular weight is 537 g/mol. The Labute approximate surface area is 235 Å². The van der Waals surface area contributed by atoms with Crippen LogP contribution in [0.1, 0.15) is 127 Å². The number of benzene rings is 2. The molecule has 1 aromatic heterocycles. The van der Waals surface area contributed by atoms with Crippen molar-refractivity contribution in [3.8, 4) is 0 Å². The van der Waals surface area contributed by atoms with Crippen LogP contribution in [0.4, 0.5) is 11.4 Å². The summed E-state index contributed by atoms with van der Waals surface area (Å²) in [6.07, 6.45) is 0. The third kappa shape index (κ3) is 7.27. The summed E-state index contributed by atoms with van der Waals surface area (Å²) >= 11 is 0. The van der Waals surface area contributed by atoms with Crippen molar-refractivity contribution in [2.24, 2.45) is 9.98 Å². The van der Waals surface area contributed by atoms with Gasteiger partial charge in [0.05, 0.1) is 34.2 Å². The number of nitrogens with zero attached hydrogens (tertiary/aromatic N) is 3. The van der Waals surface area contributed by atoms with Gasteiger partial charge in [0.2, 0.25) is 0 Å². The Morgan fingerprint density at radius 3 is 1.05 bits per heavy atom. The van der Waals surface area contributed by atoms with Crippen LogP contribution in [0.5, 0.6) is 0 Å². The van der Waals surface area contributed by atoms with Crippen LogP contribution < -0.4 is 0 Å². The van der Waals surface area contributed by atoms with E-state index in [0.717, 1.165) is 34.2 Å². The fraction of sp³-hybridized carbons (Fsp3) is 0.424. The standard InChI is InChI=1S/C33H43N3.Mn/c1-20(2)26-14-11-15-27(21(3)4)32(26)34-24(9)30-18-13-19-31(36-30)25(10)35-33-28(22(5)6)16-12-17-29(33)23(7)8;/h11-23H,1-10H3;. The largest absolute Gasteiger partial charge is 0.251 e. The van der Waals surface area contributed by atoms with Crippen molar-refractivity contribution in [2.75, 3.05) is 0 Å². The zero-order valence-electron chi connectivity index (χ0n) is 24.2. The molecule has 0 spiro atoms. The minimum Gasteiger partial charge on any atom is -0.251 e. The van der Waals surface area contributed by atoms with Crippen molar-refractivity contribution >= 4 is 22.8 Å². The molecule has 0 aliphatic heterocycles. The molecule has 3 aromatic rings. The Balaban J connectivity index is 0.00000481. The first kappa shape index (κ1) is 30.7. The Hall–Kier alpha value is -2.55. The van der Waals surface area contributed by atoms with Gasteiger partial charge in [-0.25, -0.2) is 4.98 Å². The third-order valence-corrected chi connectivity index (χ3v) is 6.73. The number of hydrogen-bond acceptors (Lipinski definition) is 3. The molecular formula is C33H43MnN3. The molecule has 1 heterocycles. The SMILES string of the molecule is CC(=Nc1c(C(C)C)cccc1C(C)C)c1cccc(C(C)=Nc2c(C(C)C)cccc2C(C)C)n1.[Mn]. The maximum absolute atomic E-state index is 5.15. The first-order chi connectivity index (χ1) is 17.0. The van der Waals surface area contributed by atoms with E-state index < -0.39 is 0 Å². The molecule has 0 unspecified atom stereocenters. The van der Waals surface area contributed by atoms with Gasteiger partial charge in [-0.2, -0.15) is 0 Å². The Morgan fingerprint density at radius 2 is 0.784 bits per heavy atom. The van der Waals surface area contributed by atoms with E-state index >= 15 is 0 Å². The third-order valence-electron chi connectivity index (χ3n) is 6.73. The summed E-state index contributed by atoms with van der Waals surface area (Å²) in [5.41, 5.74) is 10.9. The average Bonchev–Trinajstić information content (AvgIpc) is 2.83. The van der Waals surface area contributed by atoms with E-state index in [0.29, 0.717) is 23.7 Å². The quantitative estimate of drug-likeness (QED) is 0.208. The van der Waals surface area contributed by atoms with Crippen LogP contribution in [0.2, 0.25) is 0 Å². The molecule has 1 radical (unpaired) electrons. The second-order valence-corrected chi connectivity index (χ2v) is 11.0. The Kier molecular flexibility index (Phi) is 11.0. The molecule has 0 aliphatic carbocycles. The summed E-state index contributed by atoms with van der Waals surface area (Å²) in [4.78, 5) is 15.3. The van der Waals surface area contributed by atoms with E-state index in [-0.39, 0.29) is 17.1 Å². The monoisotopic (exact) mass is 536 g/mol. The molecule has 37 heavy (non-hydrogen) atoms. The summed E-state index contributed by atoms with van der Waals surface area (Å²) in [5.74, 6) is 1.61. The van der Waals surface area contributed by atoms with Crippen molar-refractivity contribution in [2.45, 2.75) is 92.9 Å². The number of hydrogen-bond donors (Lipinski definition) is 0. The second kappa shape index (κ2) is 13.3. The van der Waals surface area contributed by atoms with Crippen LogP contribution in [0.15, 0.2) is 64.6 Å². The van der Waals surface area contributed by atoms with Gasteiger partial charge in [0, 0.05) is 17.1 Å². The molecular weight excluding hydrogens is 493 g/mol. The predicted molar refractivity (Wildman–Crippen MR) is 157 cm³/mol. The molecule has 0 N–H and O–H groups in total. The van der Waals surface area contributed by atoms with Gasteiger partial charge in [-0.15, -0.1) is 0 Å².